The molecule has 0 spiro atoms. The van der Waals surface area contributed by atoms with Crippen LogP contribution in [0.25, 0.3) is 5.69 Å². The van der Waals surface area contributed by atoms with Crippen molar-refractivity contribution in [3.05, 3.63) is 41.7 Å². The van der Waals surface area contributed by atoms with Gasteiger partial charge in [-0.1, -0.05) is 18.2 Å². The Hall–Kier alpha value is -1.86. The Labute approximate surface area is 119 Å². The highest BCUT2D eigenvalue weighted by Crippen LogP contribution is 2.23. The lowest BCUT2D eigenvalue weighted by atomic mass is 10.3. The summed E-state index contributed by atoms with van der Waals surface area (Å²) >= 11 is 0. The molecule has 0 amide bonds. The molecule has 0 radical (unpaired) electrons. The third-order valence-corrected chi connectivity index (χ3v) is 4.43. The molecule has 0 bridgehead atoms. The largest absolute Gasteiger partial charge is 0.301 e. The summed E-state index contributed by atoms with van der Waals surface area (Å²) < 4.78 is 29.3. The van der Waals surface area contributed by atoms with E-state index in [1.807, 2.05) is 37.3 Å². The number of benzene rings is 1. The zero-order valence-electron chi connectivity index (χ0n) is 12.0. The zero-order chi connectivity index (χ0) is 14.9. The van der Waals surface area contributed by atoms with E-state index >= 15 is 0 Å². The van der Waals surface area contributed by atoms with E-state index in [1.54, 1.807) is 11.6 Å². The maximum Gasteiger partial charge on any atom is 0.301 e. The maximum absolute atomic E-state index is 11.9. The monoisotopic (exact) mass is 294 g/mol. The van der Waals surface area contributed by atoms with Crippen LogP contribution in [-0.4, -0.2) is 36.6 Å². The molecule has 0 unspecified atom stereocenters. The number of para-hydroxylation sites is 1. The summed E-state index contributed by atoms with van der Waals surface area (Å²) in [5, 5.41) is 4.40. The van der Waals surface area contributed by atoms with Gasteiger partial charge in [-0.3, -0.25) is 4.72 Å². The van der Waals surface area contributed by atoms with Crippen LogP contribution >= 0.6 is 0 Å². The smallest absolute Gasteiger partial charge is 0.267 e. The second-order valence-electron chi connectivity index (χ2n) is 4.68. The number of aryl methyl sites for hydroxylation is 1. The second-order valence-corrected chi connectivity index (χ2v) is 6.57. The van der Waals surface area contributed by atoms with E-state index in [4.69, 9.17) is 0 Å². The van der Waals surface area contributed by atoms with Gasteiger partial charge in [0.25, 0.3) is 0 Å². The van der Waals surface area contributed by atoms with Gasteiger partial charge in [0.15, 0.2) is 0 Å². The van der Waals surface area contributed by atoms with E-state index in [-0.39, 0.29) is 0 Å². The average molecular weight is 294 g/mol. The summed E-state index contributed by atoms with van der Waals surface area (Å²) in [6.07, 6.45) is 0. The Kier molecular flexibility index (Phi) is 3.82. The molecule has 0 aliphatic carbocycles. The lowest BCUT2D eigenvalue weighted by Crippen LogP contribution is -2.29. The van der Waals surface area contributed by atoms with Crippen molar-refractivity contribution in [3.63, 3.8) is 0 Å². The summed E-state index contributed by atoms with van der Waals surface area (Å²) in [5.74, 6) is 0. The lowest BCUT2D eigenvalue weighted by molar-refractivity contribution is 0.526. The van der Waals surface area contributed by atoms with Gasteiger partial charge in [-0.05, 0) is 26.0 Å². The number of hydrogen-bond acceptors (Lipinski definition) is 3. The molecule has 0 atom stereocenters. The van der Waals surface area contributed by atoms with Gasteiger partial charge in [0.1, 0.15) is 0 Å². The summed E-state index contributed by atoms with van der Waals surface area (Å²) in [6, 6.07) is 9.59. The average Bonchev–Trinajstić information content (AvgIpc) is 2.67. The van der Waals surface area contributed by atoms with Crippen molar-refractivity contribution in [2.24, 2.45) is 0 Å². The SMILES string of the molecule is Cc1nn(-c2ccccc2)c(C)c1NS(=O)(=O)N(C)C. The highest BCUT2D eigenvalue weighted by Gasteiger charge is 2.20. The Morgan fingerprint density at radius 2 is 1.75 bits per heavy atom. The van der Waals surface area contributed by atoms with Gasteiger partial charge in [0.05, 0.1) is 22.8 Å². The number of rotatable bonds is 4. The van der Waals surface area contributed by atoms with Gasteiger partial charge in [0, 0.05) is 14.1 Å². The van der Waals surface area contributed by atoms with E-state index in [0.29, 0.717) is 11.4 Å². The van der Waals surface area contributed by atoms with Gasteiger partial charge in [-0.25, -0.2) is 4.68 Å². The molecule has 1 N–H and O–H groups in total. The molecular formula is C13H18N4O2S. The van der Waals surface area contributed by atoms with Gasteiger partial charge in [0.2, 0.25) is 0 Å². The first-order valence-electron chi connectivity index (χ1n) is 6.15. The fourth-order valence-corrected chi connectivity index (χ4v) is 2.57. The summed E-state index contributed by atoms with van der Waals surface area (Å²) in [7, 11) is -0.574. The summed E-state index contributed by atoms with van der Waals surface area (Å²) in [4.78, 5) is 0. The van der Waals surface area contributed by atoms with E-state index in [9.17, 15) is 8.42 Å². The molecule has 1 aromatic carbocycles. The van der Waals surface area contributed by atoms with Crippen LogP contribution in [0.5, 0.6) is 0 Å². The molecule has 0 saturated heterocycles. The number of nitrogens with zero attached hydrogens (tertiary/aromatic N) is 3. The highest BCUT2D eigenvalue weighted by molar-refractivity contribution is 7.90. The predicted octanol–water partition coefficient (Wildman–Crippen LogP) is 1.71. The van der Waals surface area contributed by atoms with Crippen LogP contribution in [0, 0.1) is 13.8 Å². The first-order chi connectivity index (χ1) is 9.33. The van der Waals surface area contributed by atoms with Gasteiger partial charge < -0.3 is 0 Å². The van der Waals surface area contributed by atoms with Crippen LogP contribution < -0.4 is 4.72 Å². The second kappa shape index (κ2) is 5.26. The Balaban J connectivity index is 2.46. The Morgan fingerprint density at radius 3 is 2.30 bits per heavy atom. The van der Waals surface area contributed by atoms with Crippen molar-refractivity contribution in [2.45, 2.75) is 13.8 Å². The molecule has 0 fully saturated rings. The van der Waals surface area contributed by atoms with Crippen LogP contribution in [0.2, 0.25) is 0 Å². The van der Waals surface area contributed by atoms with Gasteiger partial charge in [-0.15, -0.1) is 0 Å². The number of hydrogen-bond donors (Lipinski definition) is 1. The molecule has 0 aliphatic rings. The van der Waals surface area contributed by atoms with Crippen LogP contribution in [0.1, 0.15) is 11.4 Å². The molecule has 0 saturated carbocycles. The van der Waals surface area contributed by atoms with Crippen molar-refractivity contribution in [3.8, 4) is 5.69 Å². The minimum atomic E-state index is -3.54. The number of aromatic nitrogens is 2. The summed E-state index contributed by atoms with van der Waals surface area (Å²) in [5.41, 5.74) is 2.79. The third kappa shape index (κ3) is 2.68. The quantitative estimate of drug-likeness (QED) is 0.933. The fourth-order valence-electron chi connectivity index (χ4n) is 1.83. The van der Waals surface area contributed by atoms with Gasteiger partial charge in [-0.2, -0.15) is 17.8 Å². The van der Waals surface area contributed by atoms with Crippen LogP contribution in [0.4, 0.5) is 5.69 Å². The molecule has 2 rings (SSSR count). The Bertz CT molecular complexity index is 705. The Morgan fingerprint density at radius 1 is 1.15 bits per heavy atom. The van der Waals surface area contributed by atoms with E-state index in [0.717, 1.165) is 15.7 Å². The molecule has 2 aromatic rings. The highest BCUT2D eigenvalue weighted by atomic mass is 32.2. The molecule has 1 heterocycles. The molecule has 7 heteroatoms. The van der Waals surface area contributed by atoms with Crippen LogP contribution in [-0.2, 0) is 10.2 Å². The lowest BCUT2D eigenvalue weighted by Gasteiger charge is -2.13. The fraction of sp³-hybridized carbons (Fsp3) is 0.308. The van der Waals surface area contributed by atoms with E-state index in [2.05, 4.69) is 9.82 Å². The maximum atomic E-state index is 11.9. The summed E-state index contributed by atoms with van der Waals surface area (Å²) in [6.45, 7) is 3.61. The molecule has 0 aliphatic heterocycles. The van der Waals surface area contributed by atoms with Crippen molar-refractivity contribution < 1.29 is 8.42 Å². The van der Waals surface area contributed by atoms with Crippen molar-refractivity contribution in [1.29, 1.82) is 0 Å². The molecular weight excluding hydrogens is 276 g/mol. The third-order valence-electron chi connectivity index (χ3n) is 3.00. The first kappa shape index (κ1) is 14.5. The minimum absolute atomic E-state index is 0.516. The molecule has 6 nitrogen and oxygen atoms in total. The number of anilines is 1. The van der Waals surface area contributed by atoms with Gasteiger partial charge >= 0.3 is 10.2 Å². The molecule has 20 heavy (non-hydrogen) atoms. The van der Waals surface area contributed by atoms with Crippen LogP contribution in [0.15, 0.2) is 30.3 Å². The predicted molar refractivity (Wildman–Crippen MR) is 79.3 cm³/mol. The standard InChI is InChI=1S/C13H18N4O2S/c1-10-13(15-20(18,19)16(3)4)11(2)17(14-10)12-8-6-5-7-9-12/h5-9,15H,1-4H3. The topological polar surface area (TPSA) is 67.2 Å². The van der Waals surface area contributed by atoms with Crippen molar-refractivity contribution in [2.75, 3.05) is 18.8 Å². The van der Waals surface area contributed by atoms with E-state index in [1.165, 1.54) is 14.1 Å². The molecule has 108 valence electrons. The minimum Gasteiger partial charge on any atom is -0.267 e. The normalized spacial score (nSPS) is 11.8. The zero-order valence-corrected chi connectivity index (χ0v) is 12.8. The van der Waals surface area contributed by atoms with E-state index < -0.39 is 10.2 Å². The molecule has 1 aromatic heterocycles. The van der Waals surface area contributed by atoms with Crippen LogP contribution in [0.3, 0.4) is 0 Å². The first-order valence-corrected chi connectivity index (χ1v) is 7.59. The number of nitrogens with one attached hydrogen (secondary N) is 1. The van der Waals surface area contributed by atoms with Crippen molar-refractivity contribution in [1.82, 2.24) is 14.1 Å². The van der Waals surface area contributed by atoms with Crippen molar-refractivity contribution >= 4 is 15.9 Å².